The van der Waals surface area contributed by atoms with Gasteiger partial charge in [0.25, 0.3) is 0 Å². The van der Waals surface area contributed by atoms with Gasteiger partial charge in [-0.05, 0) is 20.3 Å². The van der Waals surface area contributed by atoms with E-state index in [1.54, 1.807) is 6.33 Å². The summed E-state index contributed by atoms with van der Waals surface area (Å²) < 4.78 is 0. The molecule has 17 heavy (non-hydrogen) atoms. The molecule has 4 heteroatoms. The van der Waals surface area contributed by atoms with E-state index in [9.17, 15) is 0 Å². The Hall–Kier alpha value is -1.16. The van der Waals surface area contributed by atoms with Crippen LogP contribution in [0.1, 0.15) is 32.9 Å². The highest BCUT2D eigenvalue weighted by Gasteiger charge is 2.26. The fourth-order valence-corrected chi connectivity index (χ4v) is 2.29. The minimum absolute atomic E-state index is 0.161. The third-order valence-electron chi connectivity index (χ3n) is 3.11. The van der Waals surface area contributed by atoms with Gasteiger partial charge in [-0.15, -0.1) is 0 Å². The average Bonchev–Trinajstić information content (AvgIpc) is 2.28. The zero-order chi connectivity index (χ0) is 12.3. The van der Waals surface area contributed by atoms with Gasteiger partial charge < -0.3 is 10.2 Å². The third-order valence-corrected chi connectivity index (χ3v) is 3.11. The van der Waals surface area contributed by atoms with Crippen molar-refractivity contribution in [3.8, 4) is 0 Å². The lowest BCUT2D eigenvalue weighted by molar-refractivity contribution is 0.351. The van der Waals surface area contributed by atoms with Crippen molar-refractivity contribution < 1.29 is 0 Å². The van der Waals surface area contributed by atoms with Crippen LogP contribution in [0.5, 0.6) is 0 Å². The van der Waals surface area contributed by atoms with Crippen LogP contribution in [0.3, 0.4) is 0 Å². The van der Waals surface area contributed by atoms with Crippen LogP contribution in [-0.2, 0) is 6.42 Å². The van der Waals surface area contributed by atoms with E-state index in [2.05, 4.69) is 47.0 Å². The van der Waals surface area contributed by atoms with Crippen molar-refractivity contribution in [1.29, 1.82) is 0 Å². The Labute approximate surface area is 103 Å². The highest BCUT2D eigenvalue weighted by Crippen LogP contribution is 2.18. The molecule has 1 aliphatic rings. The van der Waals surface area contributed by atoms with Crippen molar-refractivity contribution >= 4 is 5.82 Å². The Kier molecular flexibility index (Phi) is 3.62. The molecule has 1 aliphatic heterocycles. The molecule has 4 nitrogen and oxygen atoms in total. The molecule has 0 amide bonds. The molecule has 0 spiro atoms. The first kappa shape index (κ1) is 12.3. The average molecular weight is 234 g/mol. The molecule has 0 aliphatic carbocycles. The van der Waals surface area contributed by atoms with Crippen molar-refractivity contribution in [2.75, 3.05) is 24.5 Å². The maximum absolute atomic E-state index is 4.40. The lowest BCUT2D eigenvalue weighted by Gasteiger charge is -2.39. The molecule has 1 aromatic heterocycles. The summed E-state index contributed by atoms with van der Waals surface area (Å²) in [7, 11) is 0. The van der Waals surface area contributed by atoms with Crippen molar-refractivity contribution in [2.45, 2.75) is 39.2 Å². The first-order chi connectivity index (χ1) is 8.11. The van der Waals surface area contributed by atoms with Gasteiger partial charge in [-0.2, -0.15) is 0 Å². The van der Waals surface area contributed by atoms with Crippen LogP contribution in [0, 0.1) is 0 Å². The van der Waals surface area contributed by atoms with Crippen LogP contribution in [0.2, 0.25) is 0 Å². The van der Waals surface area contributed by atoms with Gasteiger partial charge >= 0.3 is 0 Å². The monoisotopic (exact) mass is 234 g/mol. The molecule has 0 aromatic carbocycles. The van der Waals surface area contributed by atoms with Gasteiger partial charge in [0.1, 0.15) is 12.1 Å². The number of hydrogen-bond donors (Lipinski definition) is 1. The second kappa shape index (κ2) is 5.00. The largest absolute Gasteiger partial charge is 0.353 e. The van der Waals surface area contributed by atoms with Gasteiger partial charge in [0, 0.05) is 36.9 Å². The maximum Gasteiger partial charge on any atom is 0.132 e. The summed E-state index contributed by atoms with van der Waals surface area (Å²) >= 11 is 0. The topological polar surface area (TPSA) is 41.0 Å². The number of aryl methyl sites for hydroxylation is 1. The van der Waals surface area contributed by atoms with E-state index < -0.39 is 0 Å². The van der Waals surface area contributed by atoms with Crippen molar-refractivity contribution in [1.82, 2.24) is 15.3 Å². The lowest BCUT2D eigenvalue weighted by atomic mass is 10.0. The van der Waals surface area contributed by atoms with E-state index in [0.717, 1.165) is 44.0 Å². The summed E-state index contributed by atoms with van der Waals surface area (Å²) in [6.45, 7) is 9.66. The van der Waals surface area contributed by atoms with Crippen LogP contribution in [0.4, 0.5) is 5.82 Å². The van der Waals surface area contributed by atoms with Gasteiger partial charge in [0.2, 0.25) is 0 Å². The number of nitrogens with zero attached hydrogens (tertiary/aromatic N) is 3. The van der Waals surface area contributed by atoms with Crippen LogP contribution in [0.15, 0.2) is 12.4 Å². The minimum atomic E-state index is 0.161. The first-order valence-electron chi connectivity index (χ1n) is 6.41. The number of hydrogen-bond acceptors (Lipinski definition) is 4. The van der Waals surface area contributed by atoms with Crippen LogP contribution >= 0.6 is 0 Å². The molecule has 0 saturated carbocycles. The summed E-state index contributed by atoms with van der Waals surface area (Å²) in [5.41, 5.74) is 1.31. The fourth-order valence-electron chi connectivity index (χ4n) is 2.29. The van der Waals surface area contributed by atoms with E-state index in [1.807, 2.05) is 0 Å². The van der Waals surface area contributed by atoms with Gasteiger partial charge in [-0.3, -0.25) is 0 Å². The Morgan fingerprint density at radius 3 is 2.94 bits per heavy atom. The molecule has 0 radical (unpaired) electrons. The Balaban J connectivity index is 2.13. The van der Waals surface area contributed by atoms with E-state index in [-0.39, 0.29) is 5.54 Å². The van der Waals surface area contributed by atoms with Gasteiger partial charge in [0.15, 0.2) is 0 Å². The minimum Gasteiger partial charge on any atom is -0.353 e. The predicted octanol–water partition coefficient (Wildman–Crippen LogP) is 1.62. The van der Waals surface area contributed by atoms with Crippen LogP contribution in [-0.4, -0.2) is 35.1 Å². The normalized spacial score (nSPS) is 19.4. The fraction of sp³-hybridized carbons (Fsp3) is 0.692. The zero-order valence-corrected chi connectivity index (χ0v) is 11.0. The standard InChI is InChI=1S/C13H22N4/c1-4-5-11-8-12(15-10-14-11)17-7-6-16-13(2,3)9-17/h8,10,16H,4-7,9H2,1-3H3. The third kappa shape index (κ3) is 3.16. The number of anilines is 1. The second-order valence-corrected chi connectivity index (χ2v) is 5.35. The van der Waals surface area contributed by atoms with Crippen LogP contribution < -0.4 is 10.2 Å². The Morgan fingerprint density at radius 2 is 2.24 bits per heavy atom. The SMILES string of the molecule is CCCc1cc(N2CCNC(C)(C)C2)ncn1. The van der Waals surface area contributed by atoms with E-state index in [4.69, 9.17) is 0 Å². The van der Waals surface area contributed by atoms with Crippen molar-refractivity contribution in [3.63, 3.8) is 0 Å². The molecule has 94 valence electrons. The number of aromatic nitrogens is 2. The molecule has 0 atom stereocenters. The second-order valence-electron chi connectivity index (χ2n) is 5.35. The predicted molar refractivity (Wildman–Crippen MR) is 70.3 cm³/mol. The van der Waals surface area contributed by atoms with Gasteiger partial charge in [-0.1, -0.05) is 13.3 Å². The number of piperazine rings is 1. The smallest absolute Gasteiger partial charge is 0.132 e. The van der Waals surface area contributed by atoms with E-state index in [0.29, 0.717) is 0 Å². The summed E-state index contributed by atoms with van der Waals surface area (Å²) in [6.07, 6.45) is 3.85. The zero-order valence-electron chi connectivity index (χ0n) is 11.0. The summed E-state index contributed by atoms with van der Waals surface area (Å²) in [4.78, 5) is 11.0. The number of rotatable bonds is 3. The maximum atomic E-state index is 4.40. The molecule has 1 N–H and O–H groups in total. The first-order valence-corrected chi connectivity index (χ1v) is 6.41. The molecule has 2 rings (SSSR count). The Morgan fingerprint density at radius 1 is 1.41 bits per heavy atom. The molecule has 2 heterocycles. The molecule has 1 fully saturated rings. The van der Waals surface area contributed by atoms with Crippen molar-refractivity contribution in [2.24, 2.45) is 0 Å². The summed E-state index contributed by atoms with van der Waals surface area (Å²) in [5, 5.41) is 3.51. The summed E-state index contributed by atoms with van der Waals surface area (Å²) in [6, 6.07) is 2.13. The lowest BCUT2D eigenvalue weighted by Crippen LogP contribution is -2.57. The van der Waals surface area contributed by atoms with E-state index in [1.165, 1.54) is 0 Å². The highest BCUT2D eigenvalue weighted by atomic mass is 15.3. The molecular weight excluding hydrogens is 212 g/mol. The summed E-state index contributed by atoms with van der Waals surface area (Å²) in [5.74, 6) is 1.07. The van der Waals surface area contributed by atoms with Gasteiger partial charge in [-0.25, -0.2) is 9.97 Å². The number of nitrogens with one attached hydrogen (secondary N) is 1. The quantitative estimate of drug-likeness (QED) is 0.863. The van der Waals surface area contributed by atoms with E-state index >= 15 is 0 Å². The molecule has 1 aromatic rings. The van der Waals surface area contributed by atoms with Crippen LogP contribution in [0.25, 0.3) is 0 Å². The van der Waals surface area contributed by atoms with Gasteiger partial charge in [0.05, 0.1) is 0 Å². The molecule has 0 unspecified atom stereocenters. The highest BCUT2D eigenvalue weighted by molar-refractivity contribution is 5.40. The van der Waals surface area contributed by atoms with Crippen molar-refractivity contribution in [3.05, 3.63) is 18.1 Å². The Bertz CT molecular complexity index is 375. The molecule has 0 bridgehead atoms. The molecular formula is C13H22N4. The molecule has 1 saturated heterocycles.